The summed E-state index contributed by atoms with van der Waals surface area (Å²) in [6.07, 6.45) is 1.35. The van der Waals surface area contributed by atoms with Crippen LogP contribution in [0.25, 0.3) is 0 Å². The molecule has 1 aliphatic rings. The summed E-state index contributed by atoms with van der Waals surface area (Å²) in [5, 5.41) is 3.10. The molecule has 0 atom stereocenters. The van der Waals surface area contributed by atoms with E-state index >= 15 is 0 Å². The van der Waals surface area contributed by atoms with E-state index in [4.69, 9.17) is 4.74 Å². The maximum Gasteiger partial charge on any atom is 0.272 e. The maximum atomic E-state index is 12.5. The van der Waals surface area contributed by atoms with Crippen LogP contribution < -0.4 is 5.32 Å². The Bertz CT molecular complexity index is 757. The van der Waals surface area contributed by atoms with Gasteiger partial charge < -0.3 is 15.0 Å². The second-order valence-electron chi connectivity index (χ2n) is 5.46. The van der Waals surface area contributed by atoms with E-state index in [-0.39, 0.29) is 11.7 Å². The Hall–Kier alpha value is -2.80. The lowest BCUT2D eigenvalue weighted by molar-refractivity contribution is 0.0299. The van der Waals surface area contributed by atoms with Gasteiger partial charge in [-0.15, -0.1) is 0 Å². The highest BCUT2D eigenvalue weighted by molar-refractivity contribution is 5.95. The van der Waals surface area contributed by atoms with Gasteiger partial charge in [0.05, 0.1) is 13.2 Å². The lowest BCUT2D eigenvalue weighted by atomic mass is 10.1. The minimum absolute atomic E-state index is 0.00970. The van der Waals surface area contributed by atoms with Gasteiger partial charge in [-0.1, -0.05) is 12.1 Å². The molecule has 1 amide bonds. The standard InChI is InChI=1S/C17H18N4O3/c1-12(22)13-3-2-4-14(9-13)20-16-10-15(18-11-19-16)17(23)21-5-7-24-8-6-21/h2-4,9-11H,5-8H2,1H3,(H,18,19,20). The first-order valence-electron chi connectivity index (χ1n) is 7.70. The number of anilines is 2. The Labute approximate surface area is 139 Å². The second-order valence-corrected chi connectivity index (χ2v) is 5.46. The molecule has 1 fully saturated rings. The number of ketones is 1. The van der Waals surface area contributed by atoms with Crippen LogP contribution in [0.1, 0.15) is 27.8 Å². The molecule has 2 heterocycles. The molecule has 1 N–H and O–H groups in total. The minimum Gasteiger partial charge on any atom is -0.378 e. The average molecular weight is 326 g/mol. The molecule has 1 saturated heterocycles. The molecule has 1 aromatic heterocycles. The number of nitrogens with one attached hydrogen (secondary N) is 1. The number of ether oxygens (including phenoxy) is 1. The van der Waals surface area contributed by atoms with E-state index < -0.39 is 0 Å². The molecular weight excluding hydrogens is 308 g/mol. The molecule has 1 aliphatic heterocycles. The van der Waals surface area contributed by atoms with Gasteiger partial charge in [0.25, 0.3) is 5.91 Å². The van der Waals surface area contributed by atoms with Crippen LogP contribution in [0.4, 0.5) is 11.5 Å². The lowest BCUT2D eigenvalue weighted by Crippen LogP contribution is -2.41. The number of carbonyl (C=O) groups excluding carboxylic acids is 2. The minimum atomic E-state index is -0.138. The Morgan fingerprint density at radius 3 is 2.71 bits per heavy atom. The summed E-state index contributed by atoms with van der Waals surface area (Å²) in [5.41, 5.74) is 1.67. The predicted octanol–water partition coefficient (Wildman–Crippen LogP) is 1.90. The van der Waals surface area contributed by atoms with Crippen molar-refractivity contribution >= 4 is 23.2 Å². The third kappa shape index (κ3) is 3.75. The van der Waals surface area contributed by atoms with Crippen molar-refractivity contribution in [2.75, 3.05) is 31.6 Å². The molecule has 0 aliphatic carbocycles. The lowest BCUT2D eigenvalue weighted by Gasteiger charge is -2.26. The van der Waals surface area contributed by atoms with Gasteiger partial charge in [-0.2, -0.15) is 0 Å². The number of hydrogen-bond acceptors (Lipinski definition) is 6. The number of carbonyl (C=O) groups is 2. The fourth-order valence-electron chi connectivity index (χ4n) is 2.43. The van der Waals surface area contributed by atoms with E-state index in [2.05, 4.69) is 15.3 Å². The molecule has 0 unspecified atom stereocenters. The molecule has 0 saturated carbocycles. The Kier molecular flexibility index (Phi) is 4.81. The Morgan fingerprint density at radius 2 is 1.96 bits per heavy atom. The fourth-order valence-corrected chi connectivity index (χ4v) is 2.43. The van der Waals surface area contributed by atoms with Gasteiger partial charge in [0, 0.05) is 30.4 Å². The molecular formula is C17H18N4O3. The van der Waals surface area contributed by atoms with E-state index in [9.17, 15) is 9.59 Å². The summed E-state index contributed by atoms with van der Waals surface area (Å²) in [6.45, 7) is 3.72. The van der Waals surface area contributed by atoms with Gasteiger partial charge in [-0.05, 0) is 19.1 Å². The number of amides is 1. The van der Waals surface area contributed by atoms with Crippen molar-refractivity contribution in [1.82, 2.24) is 14.9 Å². The van der Waals surface area contributed by atoms with Crippen molar-refractivity contribution in [3.05, 3.63) is 47.9 Å². The van der Waals surface area contributed by atoms with Crippen molar-refractivity contribution in [2.24, 2.45) is 0 Å². The SMILES string of the molecule is CC(=O)c1cccc(Nc2cc(C(=O)N3CCOCC3)ncn2)c1. The van der Waals surface area contributed by atoms with Crippen molar-refractivity contribution < 1.29 is 14.3 Å². The van der Waals surface area contributed by atoms with Gasteiger partial charge in [0.2, 0.25) is 0 Å². The summed E-state index contributed by atoms with van der Waals surface area (Å²) in [7, 11) is 0. The summed E-state index contributed by atoms with van der Waals surface area (Å²) in [6, 6.07) is 8.73. The molecule has 124 valence electrons. The fraction of sp³-hybridized carbons (Fsp3) is 0.294. The summed E-state index contributed by atoms with van der Waals surface area (Å²) in [4.78, 5) is 33.8. The van der Waals surface area contributed by atoms with E-state index in [1.165, 1.54) is 13.3 Å². The van der Waals surface area contributed by atoms with Crippen LogP contribution in [0.2, 0.25) is 0 Å². The summed E-state index contributed by atoms with van der Waals surface area (Å²) >= 11 is 0. The summed E-state index contributed by atoms with van der Waals surface area (Å²) in [5.74, 6) is 0.355. The zero-order chi connectivity index (χ0) is 16.9. The number of rotatable bonds is 4. The smallest absolute Gasteiger partial charge is 0.272 e. The monoisotopic (exact) mass is 326 g/mol. The second kappa shape index (κ2) is 7.18. The molecule has 24 heavy (non-hydrogen) atoms. The highest BCUT2D eigenvalue weighted by Gasteiger charge is 2.20. The van der Waals surface area contributed by atoms with Gasteiger partial charge in [-0.3, -0.25) is 9.59 Å². The van der Waals surface area contributed by atoms with Crippen molar-refractivity contribution in [1.29, 1.82) is 0 Å². The zero-order valence-corrected chi connectivity index (χ0v) is 13.4. The molecule has 7 nitrogen and oxygen atoms in total. The summed E-state index contributed by atoms with van der Waals surface area (Å²) < 4.78 is 5.25. The molecule has 3 rings (SSSR count). The van der Waals surface area contributed by atoms with Crippen molar-refractivity contribution in [3.63, 3.8) is 0 Å². The molecule has 2 aromatic rings. The van der Waals surface area contributed by atoms with E-state index in [1.54, 1.807) is 29.2 Å². The number of morpholine rings is 1. The Balaban J connectivity index is 1.76. The third-order valence-electron chi connectivity index (χ3n) is 3.73. The first-order valence-corrected chi connectivity index (χ1v) is 7.70. The molecule has 1 aromatic carbocycles. The van der Waals surface area contributed by atoms with Crippen LogP contribution in [0, 0.1) is 0 Å². The number of Topliss-reactive ketones (excluding diaryl/α,β-unsaturated/α-hetero) is 1. The third-order valence-corrected chi connectivity index (χ3v) is 3.73. The average Bonchev–Trinajstić information content (AvgIpc) is 2.62. The zero-order valence-electron chi connectivity index (χ0n) is 13.4. The molecule has 7 heteroatoms. The molecule has 0 spiro atoms. The first-order chi connectivity index (χ1) is 11.6. The molecule has 0 radical (unpaired) electrons. The van der Waals surface area contributed by atoms with Gasteiger partial charge in [-0.25, -0.2) is 9.97 Å². The number of nitrogens with zero attached hydrogens (tertiary/aromatic N) is 3. The molecule has 0 bridgehead atoms. The van der Waals surface area contributed by atoms with E-state index in [0.29, 0.717) is 43.4 Å². The van der Waals surface area contributed by atoms with E-state index in [0.717, 1.165) is 5.69 Å². The van der Waals surface area contributed by atoms with Gasteiger partial charge >= 0.3 is 0 Å². The highest BCUT2D eigenvalue weighted by atomic mass is 16.5. The number of aromatic nitrogens is 2. The van der Waals surface area contributed by atoms with Crippen LogP contribution in [0.5, 0.6) is 0 Å². The normalized spacial score (nSPS) is 14.3. The van der Waals surface area contributed by atoms with Crippen LogP contribution in [-0.4, -0.2) is 52.9 Å². The largest absolute Gasteiger partial charge is 0.378 e. The topological polar surface area (TPSA) is 84.4 Å². The maximum absolute atomic E-state index is 12.5. The van der Waals surface area contributed by atoms with Crippen LogP contribution in [0.3, 0.4) is 0 Å². The number of hydrogen-bond donors (Lipinski definition) is 1. The first kappa shape index (κ1) is 16.1. The number of benzene rings is 1. The highest BCUT2D eigenvalue weighted by Crippen LogP contribution is 2.17. The predicted molar refractivity (Wildman–Crippen MR) is 88.5 cm³/mol. The van der Waals surface area contributed by atoms with Crippen LogP contribution >= 0.6 is 0 Å². The van der Waals surface area contributed by atoms with Crippen molar-refractivity contribution in [3.8, 4) is 0 Å². The Morgan fingerprint density at radius 1 is 1.17 bits per heavy atom. The van der Waals surface area contributed by atoms with Crippen molar-refractivity contribution in [2.45, 2.75) is 6.92 Å². The van der Waals surface area contributed by atoms with Gasteiger partial charge in [0.15, 0.2) is 5.78 Å². The van der Waals surface area contributed by atoms with E-state index in [1.807, 2.05) is 6.07 Å². The van der Waals surface area contributed by atoms with Gasteiger partial charge in [0.1, 0.15) is 17.8 Å². The van der Waals surface area contributed by atoms with Crippen LogP contribution in [0.15, 0.2) is 36.7 Å². The van der Waals surface area contributed by atoms with Crippen LogP contribution in [-0.2, 0) is 4.74 Å². The quantitative estimate of drug-likeness (QED) is 0.864.